The fraction of sp³-hybridized carbons (Fsp3) is 0.227. The molecule has 7 nitrogen and oxygen atoms in total. The number of aryl methyl sites for hydroxylation is 1. The van der Waals surface area contributed by atoms with Crippen molar-refractivity contribution in [2.45, 2.75) is 6.92 Å². The summed E-state index contributed by atoms with van der Waals surface area (Å²) in [6.45, 7) is 4.57. The Bertz CT molecular complexity index is 974. The molecule has 1 saturated heterocycles. The van der Waals surface area contributed by atoms with Crippen molar-refractivity contribution in [1.82, 2.24) is 9.88 Å². The smallest absolute Gasteiger partial charge is 0.289 e. The van der Waals surface area contributed by atoms with E-state index >= 15 is 0 Å². The lowest BCUT2D eigenvalue weighted by Crippen LogP contribution is -2.49. The number of hydrogen-bond acceptors (Lipinski definition) is 5. The van der Waals surface area contributed by atoms with E-state index in [1.807, 2.05) is 31.2 Å². The Labute approximate surface area is 169 Å². The standard InChI is InChI=1S/C22H22N4O3/c1-16-4-6-17(7-5-16)21(27)24-18-8-9-20(23-15-18)25-10-12-26(13-11-25)22(28)19-3-2-14-29-19/h2-9,14-15H,10-13H2,1H3,(H,24,27). The Balaban J connectivity index is 1.33. The van der Waals surface area contributed by atoms with Crippen LogP contribution >= 0.6 is 0 Å². The van der Waals surface area contributed by atoms with E-state index in [1.165, 1.54) is 6.26 Å². The van der Waals surface area contributed by atoms with E-state index in [-0.39, 0.29) is 11.8 Å². The third kappa shape index (κ3) is 4.29. The Morgan fingerprint density at radius 2 is 1.76 bits per heavy atom. The van der Waals surface area contributed by atoms with Crippen LogP contribution in [-0.2, 0) is 0 Å². The van der Waals surface area contributed by atoms with E-state index in [2.05, 4.69) is 15.2 Å². The summed E-state index contributed by atoms with van der Waals surface area (Å²) in [5, 5.41) is 2.86. The first-order valence-electron chi connectivity index (χ1n) is 9.52. The lowest BCUT2D eigenvalue weighted by molar-refractivity contribution is 0.0714. The molecule has 1 aromatic carbocycles. The maximum absolute atomic E-state index is 12.3. The van der Waals surface area contributed by atoms with Gasteiger partial charge in [0.1, 0.15) is 5.82 Å². The fourth-order valence-electron chi connectivity index (χ4n) is 3.25. The van der Waals surface area contributed by atoms with Gasteiger partial charge in [0.25, 0.3) is 11.8 Å². The number of anilines is 2. The average Bonchev–Trinajstić information content (AvgIpc) is 3.29. The fourth-order valence-corrected chi connectivity index (χ4v) is 3.25. The molecular weight excluding hydrogens is 368 g/mol. The van der Waals surface area contributed by atoms with Gasteiger partial charge >= 0.3 is 0 Å². The molecule has 0 bridgehead atoms. The predicted molar refractivity (Wildman–Crippen MR) is 110 cm³/mol. The molecule has 3 heterocycles. The number of rotatable bonds is 4. The molecule has 3 aromatic rings. The first kappa shape index (κ1) is 18.7. The average molecular weight is 390 g/mol. The Morgan fingerprint density at radius 1 is 1.00 bits per heavy atom. The molecule has 148 valence electrons. The van der Waals surface area contributed by atoms with Crippen LogP contribution in [0.2, 0.25) is 0 Å². The van der Waals surface area contributed by atoms with E-state index in [9.17, 15) is 9.59 Å². The summed E-state index contributed by atoms with van der Waals surface area (Å²) in [7, 11) is 0. The zero-order valence-corrected chi connectivity index (χ0v) is 16.2. The highest BCUT2D eigenvalue weighted by atomic mass is 16.3. The third-order valence-electron chi connectivity index (χ3n) is 4.94. The topological polar surface area (TPSA) is 78.7 Å². The molecule has 0 radical (unpaired) electrons. The quantitative estimate of drug-likeness (QED) is 0.740. The zero-order valence-electron chi connectivity index (χ0n) is 16.2. The molecule has 1 fully saturated rings. The predicted octanol–water partition coefficient (Wildman–Crippen LogP) is 3.20. The van der Waals surface area contributed by atoms with Crippen molar-refractivity contribution in [2.75, 3.05) is 36.4 Å². The van der Waals surface area contributed by atoms with Crippen LogP contribution in [0.25, 0.3) is 0 Å². The summed E-state index contributed by atoms with van der Waals surface area (Å²) in [6.07, 6.45) is 3.16. The van der Waals surface area contributed by atoms with Crippen molar-refractivity contribution in [2.24, 2.45) is 0 Å². The van der Waals surface area contributed by atoms with Crippen molar-refractivity contribution in [3.63, 3.8) is 0 Å². The highest BCUT2D eigenvalue weighted by Crippen LogP contribution is 2.18. The summed E-state index contributed by atoms with van der Waals surface area (Å²) in [4.78, 5) is 33.0. The highest BCUT2D eigenvalue weighted by Gasteiger charge is 2.24. The van der Waals surface area contributed by atoms with Gasteiger partial charge < -0.3 is 19.5 Å². The van der Waals surface area contributed by atoms with Gasteiger partial charge in [0, 0.05) is 31.7 Å². The maximum atomic E-state index is 12.3. The van der Waals surface area contributed by atoms with Gasteiger partial charge in [0.05, 0.1) is 18.1 Å². The van der Waals surface area contributed by atoms with Crippen molar-refractivity contribution in [3.8, 4) is 0 Å². The van der Waals surface area contributed by atoms with Crippen molar-refractivity contribution < 1.29 is 14.0 Å². The lowest BCUT2D eigenvalue weighted by atomic mass is 10.1. The molecule has 2 aromatic heterocycles. The molecule has 29 heavy (non-hydrogen) atoms. The second kappa shape index (κ2) is 8.18. The molecule has 4 rings (SSSR count). The van der Waals surface area contributed by atoms with Gasteiger partial charge in [-0.3, -0.25) is 9.59 Å². The van der Waals surface area contributed by atoms with Gasteiger partial charge in [-0.25, -0.2) is 4.98 Å². The largest absolute Gasteiger partial charge is 0.459 e. The first-order chi connectivity index (χ1) is 14.1. The molecule has 1 aliphatic rings. The van der Waals surface area contributed by atoms with Gasteiger partial charge in [0.2, 0.25) is 0 Å². The molecule has 0 atom stereocenters. The van der Waals surface area contributed by atoms with Crippen LogP contribution in [0.15, 0.2) is 65.4 Å². The number of pyridine rings is 1. The molecule has 1 aliphatic heterocycles. The molecule has 0 spiro atoms. The molecule has 1 N–H and O–H groups in total. The summed E-state index contributed by atoms with van der Waals surface area (Å²) >= 11 is 0. The second-order valence-corrected chi connectivity index (χ2v) is 6.98. The normalized spacial score (nSPS) is 14.0. The molecule has 0 aliphatic carbocycles. The minimum atomic E-state index is -0.162. The van der Waals surface area contributed by atoms with Crippen molar-refractivity contribution >= 4 is 23.3 Å². The third-order valence-corrected chi connectivity index (χ3v) is 4.94. The van der Waals surface area contributed by atoms with E-state index in [0.29, 0.717) is 43.2 Å². The number of carbonyl (C=O) groups excluding carboxylic acids is 2. The monoisotopic (exact) mass is 390 g/mol. The summed E-state index contributed by atoms with van der Waals surface area (Å²) in [6, 6.07) is 14.5. The van der Waals surface area contributed by atoms with E-state index < -0.39 is 0 Å². The van der Waals surface area contributed by atoms with Gasteiger partial charge in [-0.1, -0.05) is 17.7 Å². The van der Waals surface area contributed by atoms with Crippen LogP contribution < -0.4 is 10.2 Å². The number of piperazine rings is 1. The number of benzene rings is 1. The Morgan fingerprint density at radius 3 is 2.38 bits per heavy atom. The van der Waals surface area contributed by atoms with Gasteiger partial charge in [-0.05, 0) is 43.3 Å². The molecular formula is C22H22N4O3. The molecule has 7 heteroatoms. The Hall–Kier alpha value is -3.61. The van der Waals surface area contributed by atoms with Gasteiger partial charge in [-0.15, -0.1) is 0 Å². The van der Waals surface area contributed by atoms with Crippen LogP contribution in [0, 0.1) is 6.92 Å². The van der Waals surface area contributed by atoms with Crippen LogP contribution in [0.4, 0.5) is 11.5 Å². The number of amides is 2. The van der Waals surface area contributed by atoms with Crippen molar-refractivity contribution in [1.29, 1.82) is 0 Å². The van der Waals surface area contributed by atoms with Gasteiger partial charge in [0.15, 0.2) is 5.76 Å². The van der Waals surface area contributed by atoms with Crippen molar-refractivity contribution in [3.05, 3.63) is 77.9 Å². The number of carbonyl (C=O) groups is 2. The second-order valence-electron chi connectivity index (χ2n) is 6.98. The minimum absolute atomic E-state index is 0.0863. The summed E-state index contributed by atoms with van der Waals surface area (Å²) in [5.74, 6) is 0.940. The van der Waals surface area contributed by atoms with Crippen LogP contribution in [0.5, 0.6) is 0 Å². The van der Waals surface area contributed by atoms with E-state index in [4.69, 9.17) is 4.42 Å². The van der Waals surface area contributed by atoms with Gasteiger partial charge in [-0.2, -0.15) is 0 Å². The zero-order chi connectivity index (χ0) is 20.2. The summed E-state index contributed by atoms with van der Waals surface area (Å²) in [5.41, 5.74) is 2.36. The van der Waals surface area contributed by atoms with E-state index in [0.717, 1.165) is 11.4 Å². The van der Waals surface area contributed by atoms with Crippen LogP contribution in [0.3, 0.4) is 0 Å². The van der Waals surface area contributed by atoms with Crippen LogP contribution in [0.1, 0.15) is 26.5 Å². The van der Waals surface area contributed by atoms with Crippen LogP contribution in [-0.4, -0.2) is 47.9 Å². The van der Waals surface area contributed by atoms with E-state index in [1.54, 1.807) is 35.4 Å². The first-order valence-corrected chi connectivity index (χ1v) is 9.52. The number of furan rings is 1. The highest BCUT2D eigenvalue weighted by molar-refractivity contribution is 6.04. The number of nitrogens with one attached hydrogen (secondary N) is 1. The lowest BCUT2D eigenvalue weighted by Gasteiger charge is -2.35. The minimum Gasteiger partial charge on any atom is -0.459 e. The SMILES string of the molecule is Cc1ccc(C(=O)Nc2ccc(N3CCN(C(=O)c4ccco4)CC3)nc2)cc1. The Kier molecular flexibility index (Phi) is 5.29. The molecule has 2 amide bonds. The summed E-state index contributed by atoms with van der Waals surface area (Å²) < 4.78 is 5.19. The number of hydrogen-bond donors (Lipinski definition) is 1. The number of nitrogens with zero attached hydrogens (tertiary/aromatic N) is 3. The molecule has 0 saturated carbocycles. The maximum Gasteiger partial charge on any atom is 0.289 e. The number of aromatic nitrogens is 1. The molecule has 0 unspecified atom stereocenters.